The molecule has 0 aliphatic heterocycles. The number of benzene rings is 2. The number of anilines is 1. The highest BCUT2D eigenvalue weighted by atomic mass is 19.1. The van der Waals surface area contributed by atoms with Crippen LogP contribution in [0.15, 0.2) is 30.3 Å². The maximum Gasteiger partial charge on any atom is 0.262 e. The van der Waals surface area contributed by atoms with Gasteiger partial charge in [0.25, 0.3) is 5.91 Å². The molecule has 0 spiro atoms. The fourth-order valence-corrected chi connectivity index (χ4v) is 1.65. The molecule has 0 radical (unpaired) electrons. The molecule has 3 nitrogen and oxygen atoms in total. The van der Waals surface area contributed by atoms with Gasteiger partial charge < -0.3 is 10.4 Å². The summed E-state index contributed by atoms with van der Waals surface area (Å²) >= 11 is 0. The number of nitrogens with one attached hydrogen (secondary N) is 1. The lowest BCUT2D eigenvalue weighted by Gasteiger charge is -2.08. The Morgan fingerprint density at radius 1 is 1.10 bits per heavy atom. The summed E-state index contributed by atoms with van der Waals surface area (Å²) in [4.78, 5) is 11.8. The largest absolute Gasteiger partial charge is 0.507 e. The van der Waals surface area contributed by atoms with Gasteiger partial charge in [0.15, 0.2) is 0 Å². The van der Waals surface area contributed by atoms with Crippen LogP contribution in [0.25, 0.3) is 0 Å². The Labute approximate surface area is 112 Å². The van der Waals surface area contributed by atoms with Crippen LogP contribution < -0.4 is 5.32 Å². The summed E-state index contributed by atoms with van der Waals surface area (Å²) < 4.78 is 39.6. The highest BCUT2D eigenvalue weighted by Crippen LogP contribution is 2.23. The van der Waals surface area contributed by atoms with Crippen molar-refractivity contribution in [3.63, 3.8) is 0 Å². The van der Waals surface area contributed by atoms with Crippen LogP contribution in [0.5, 0.6) is 5.75 Å². The zero-order chi connectivity index (χ0) is 14.9. The van der Waals surface area contributed by atoms with Crippen molar-refractivity contribution in [2.24, 2.45) is 0 Å². The summed E-state index contributed by atoms with van der Waals surface area (Å²) in [5.74, 6) is -4.56. The molecule has 2 aromatic carbocycles. The minimum Gasteiger partial charge on any atom is -0.507 e. The number of phenolic OH excluding ortho intramolecular Hbond substituents is 1. The second-order valence-electron chi connectivity index (χ2n) is 4.20. The fraction of sp³-hybridized carbons (Fsp3) is 0.0714. The summed E-state index contributed by atoms with van der Waals surface area (Å²) in [5, 5.41) is 11.6. The van der Waals surface area contributed by atoms with Gasteiger partial charge in [-0.15, -0.1) is 0 Å². The third-order valence-corrected chi connectivity index (χ3v) is 2.69. The predicted molar refractivity (Wildman–Crippen MR) is 67.1 cm³/mol. The molecular formula is C14H10F3NO2. The highest BCUT2D eigenvalue weighted by Gasteiger charge is 2.18. The number of hydrogen-bond acceptors (Lipinski definition) is 2. The van der Waals surface area contributed by atoms with Gasteiger partial charge in [-0.2, -0.15) is 0 Å². The van der Waals surface area contributed by atoms with Crippen molar-refractivity contribution in [1.29, 1.82) is 0 Å². The second kappa shape index (κ2) is 5.24. The SMILES string of the molecule is Cc1ccc(NC(=O)c2c(O)cc(F)cc2F)cc1F. The van der Waals surface area contributed by atoms with Crippen LogP contribution in [0, 0.1) is 24.4 Å². The quantitative estimate of drug-likeness (QED) is 0.886. The minimum atomic E-state index is -1.20. The van der Waals surface area contributed by atoms with E-state index in [1.807, 2.05) is 0 Å². The van der Waals surface area contributed by atoms with Crippen molar-refractivity contribution < 1.29 is 23.1 Å². The lowest BCUT2D eigenvalue weighted by molar-refractivity contribution is 0.102. The van der Waals surface area contributed by atoms with Gasteiger partial charge in [0.1, 0.15) is 28.8 Å². The van der Waals surface area contributed by atoms with Crippen LogP contribution in [0.1, 0.15) is 15.9 Å². The van der Waals surface area contributed by atoms with Gasteiger partial charge >= 0.3 is 0 Å². The van der Waals surface area contributed by atoms with Crippen LogP contribution >= 0.6 is 0 Å². The molecule has 0 saturated heterocycles. The van der Waals surface area contributed by atoms with E-state index in [-0.39, 0.29) is 5.69 Å². The standard InChI is InChI=1S/C14H10F3NO2/c1-7-2-3-9(6-10(7)16)18-14(20)13-11(17)4-8(15)5-12(13)19/h2-6,19H,1H3,(H,18,20). The normalized spacial score (nSPS) is 10.4. The van der Waals surface area contributed by atoms with E-state index >= 15 is 0 Å². The van der Waals surface area contributed by atoms with E-state index in [0.717, 1.165) is 6.07 Å². The minimum absolute atomic E-state index is 0.0984. The lowest BCUT2D eigenvalue weighted by atomic mass is 10.1. The second-order valence-corrected chi connectivity index (χ2v) is 4.20. The van der Waals surface area contributed by atoms with Gasteiger partial charge in [0, 0.05) is 17.8 Å². The Kier molecular flexibility index (Phi) is 3.65. The fourth-order valence-electron chi connectivity index (χ4n) is 1.65. The summed E-state index contributed by atoms with van der Waals surface area (Å²) in [6.45, 7) is 1.55. The number of carbonyl (C=O) groups is 1. The van der Waals surface area contributed by atoms with Crippen LogP contribution in [0.3, 0.4) is 0 Å². The Morgan fingerprint density at radius 3 is 2.40 bits per heavy atom. The first-order valence-electron chi connectivity index (χ1n) is 5.64. The number of phenols is 1. The average Bonchev–Trinajstić information content (AvgIpc) is 2.32. The van der Waals surface area contributed by atoms with E-state index in [0.29, 0.717) is 17.7 Å². The molecule has 2 rings (SSSR count). The topological polar surface area (TPSA) is 49.3 Å². The van der Waals surface area contributed by atoms with Gasteiger partial charge in [-0.25, -0.2) is 13.2 Å². The van der Waals surface area contributed by atoms with Crippen LogP contribution in [-0.4, -0.2) is 11.0 Å². The van der Waals surface area contributed by atoms with E-state index in [1.54, 1.807) is 6.92 Å². The summed E-state index contributed by atoms with van der Waals surface area (Å²) in [6, 6.07) is 5.02. The molecule has 0 aliphatic carbocycles. The van der Waals surface area contributed by atoms with Crippen molar-refractivity contribution in [3.8, 4) is 5.75 Å². The van der Waals surface area contributed by atoms with Gasteiger partial charge in [0.2, 0.25) is 0 Å². The van der Waals surface area contributed by atoms with Crippen molar-refractivity contribution >= 4 is 11.6 Å². The molecule has 0 unspecified atom stereocenters. The Balaban J connectivity index is 2.31. The molecule has 20 heavy (non-hydrogen) atoms. The molecule has 1 amide bonds. The molecule has 0 aromatic heterocycles. The maximum absolute atomic E-state index is 13.5. The number of hydrogen-bond donors (Lipinski definition) is 2. The molecule has 104 valence electrons. The van der Waals surface area contributed by atoms with Crippen LogP contribution in [-0.2, 0) is 0 Å². The van der Waals surface area contributed by atoms with Crippen molar-refractivity contribution in [2.45, 2.75) is 6.92 Å². The highest BCUT2D eigenvalue weighted by molar-refractivity contribution is 6.06. The van der Waals surface area contributed by atoms with Gasteiger partial charge in [-0.1, -0.05) is 6.07 Å². The smallest absolute Gasteiger partial charge is 0.262 e. The third-order valence-electron chi connectivity index (χ3n) is 2.69. The molecule has 0 heterocycles. The zero-order valence-electron chi connectivity index (χ0n) is 10.4. The molecular weight excluding hydrogens is 271 g/mol. The lowest BCUT2D eigenvalue weighted by Crippen LogP contribution is -2.14. The number of aryl methyl sites for hydroxylation is 1. The molecule has 0 bridgehead atoms. The molecule has 0 saturated carbocycles. The monoisotopic (exact) mass is 281 g/mol. The molecule has 0 fully saturated rings. The van der Waals surface area contributed by atoms with E-state index in [1.165, 1.54) is 12.1 Å². The molecule has 2 aromatic rings. The van der Waals surface area contributed by atoms with E-state index in [9.17, 15) is 23.1 Å². The molecule has 2 N–H and O–H groups in total. The first-order valence-corrected chi connectivity index (χ1v) is 5.64. The van der Waals surface area contributed by atoms with E-state index < -0.39 is 34.7 Å². The number of amides is 1. The Morgan fingerprint density at radius 2 is 1.80 bits per heavy atom. The van der Waals surface area contributed by atoms with Gasteiger partial charge in [0.05, 0.1) is 0 Å². The third kappa shape index (κ3) is 2.74. The van der Waals surface area contributed by atoms with Crippen LogP contribution in [0.2, 0.25) is 0 Å². The van der Waals surface area contributed by atoms with Crippen molar-refractivity contribution in [1.82, 2.24) is 0 Å². The summed E-state index contributed by atoms with van der Waals surface area (Å²) in [5.41, 5.74) is -0.215. The summed E-state index contributed by atoms with van der Waals surface area (Å²) in [6.07, 6.45) is 0. The number of carbonyl (C=O) groups excluding carboxylic acids is 1. The Bertz CT molecular complexity index is 663. The summed E-state index contributed by atoms with van der Waals surface area (Å²) in [7, 11) is 0. The van der Waals surface area contributed by atoms with Crippen LogP contribution in [0.4, 0.5) is 18.9 Å². The molecule has 0 aliphatic rings. The first kappa shape index (κ1) is 13.9. The van der Waals surface area contributed by atoms with Gasteiger partial charge in [-0.05, 0) is 24.6 Å². The van der Waals surface area contributed by atoms with Gasteiger partial charge in [-0.3, -0.25) is 4.79 Å². The number of aromatic hydroxyl groups is 1. The van der Waals surface area contributed by atoms with E-state index in [4.69, 9.17) is 0 Å². The first-order chi connectivity index (χ1) is 9.38. The predicted octanol–water partition coefficient (Wildman–Crippen LogP) is 3.37. The van der Waals surface area contributed by atoms with Crippen molar-refractivity contribution in [2.75, 3.05) is 5.32 Å². The van der Waals surface area contributed by atoms with Crippen molar-refractivity contribution in [3.05, 3.63) is 58.9 Å². The van der Waals surface area contributed by atoms with E-state index in [2.05, 4.69) is 5.32 Å². The zero-order valence-corrected chi connectivity index (χ0v) is 10.4. The average molecular weight is 281 g/mol. The maximum atomic E-state index is 13.5. The molecule has 6 heteroatoms. The Hall–Kier alpha value is -2.50. The molecule has 0 atom stereocenters. The number of halogens is 3. The number of rotatable bonds is 2.